The molecule has 0 heterocycles. The van der Waals surface area contributed by atoms with Crippen LogP contribution in [-0.4, -0.2) is 12.8 Å². The van der Waals surface area contributed by atoms with Crippen molar-refractivity contribution in [3.8, 4) is 0 Å². The Morgan fingerprint density at radius 2 is 1.78 bits per heavy atom. The molecule has 0 N–H and O–H groups in total. The zero-order valence-corrected chi connectivity index (χ0v) is 13.4. The Morgan fingerprint density at radius 3 is 2.43 bits per heavy atom. The normalized spacial score (nSPS) is 18.4. The molecule has 1 aliphatic carbocycles. The first kappa shape index (κ1) is 18.1. The number of rotatable bonds is 7. The Labute approximate surface area is 136 Å². The fraction of sp³-hybridized carbons (Fsp3) is 0.579. The molecule has 0 bridgehead atoms. The van der Waals surface area contributed by atoms with Gasteiger partial charge in [-0.15, -0.1) is 0 Å². The van der Waals surface area contributed by atoms with E-state index in [1.807, 2.05) is 30.3 Å². The van der Waals surface area contributed by atoms with Gasteiger partial charge in [-0.3, -0.25) is 0 Å². The summed E-state index contributed by atoms with van der Waals surface area (Å²) in [4.78, 5) is 0. The van der Waals surface area contributed by atoms with Gasteiger partial charge in [0, 0.05) is 0 Å². The van der Waals surface area contributed by atoms with Crippen molar-refractivity contribution in [1.82, 2.24) is 0 Å². The average molecular weight is 326 g/mol. The van der Waals surface area contributed by atoms with E-state index in [1.165, 1.54) is 6.08 Å². The Hall–Kier alpha value is -1.29. The van der Waals surface area contributed by atoms with E-state index in [1.54, 1.807) is 6.08 Å². The van der Waals surface area contributed by atoms with E-state index in [2.05, 4.69) is 0 Å². The molecule has 1 unspecified atom stereocenters. The van der Waals surface area contributed by atoms with Crippen LogP contribution in [0.2, 0.25) is 0 Å². The first-order valence-corrected chi connectivity index (χ1v) is 8.42. The fourth-order valence-corrected chi connectivity index (χ4v) is 3.19. The van der Waals surface area contributed by atoms with Crippen molar-refractivity contribution in [2.75, 3.05) is 6.61 Å². The lowest BCUT2D eigenvalue weighted by atomic mass is 9.79. The van der Waals surface area contributed by atoms with Crippen LogP contribution in [0.1, 0.15) is 44.1 Å². The zero-order valence-electron chi connectivity index (χ0n) is 13.4. The van der Waals surface area contributed by atoms with E-state index >= 15 is 0 Å². The number of allylic oxidation sites excluding steroid dienone is 1. The van der Waals surface area contributed by atoms with Gasteiger partial charge in [0.15, 0.2) is 0 Å². The summed E-state index contributed by atoms with van der Waals surface area (Å²) in [5.74, 6) is -1.54. The van der Waals surface area contributed by atoms with Crippen LogP contribution in [0.25, 0.3) is 0 Å². The summed E-state index contributed by atoms with van der Waals surface area (Å²) in [6.45, 7) is 0.945. The van der Waals surface area contributed by atoms with Crippen molar-refractivity contribution in [3.05, 3.63) is 48.0 Å². The molecule has 1 aromatic carbocycles. The minimum absolute atomic E-state index is 0.245. The van der Waals surface area contributed by atoms with Gasteiger partial charge in [0.25, 0.3) is 0 Å². The van der Waals surface area contributed by atoms with E-state index in [0.29, 0.717) is 32.5 Å². The van der Waals surface area contributed by atoms with Crippen molar-refractivity contribution in [2.24, 2.45) is 11.8 Å². The molecule has 1 aliphatic rings. The number of hydrogen-bond donors (Lipinski definition) is 0. The van der Waals surface area contributed by atoms with E-state index in [4.69, 9.17) is 4.74 Å². The van der Waals surface area contributed by atoms with Crippen LogP contribution >= 0.6 is 0 Å². The highest BCUT2D eigenvalue weighted by Gasteiger charge is 2.42. The smallest absolute Gasteiger partial charge is 0.376 e. The molecular formula is C19H25F3O. The standard InChI is InChI=1S/C19H25F3O/c20-19(21,22)18(17-11-5-2-6-12-17)13-7-8-14-23-15-16-9-3-1-4-10-16/h1,3-4,7,9-10,13,17-18H,2,5-6,8,11-12,14-15H2/b13-7+. The third kappa shape index (κ3) is 6.38. The fourth-order valence-electron chi connectivity index (χ4n) is 3.19. The van der Waals surface area contributed by atoms with Crippen molar-refractivity contribution >= 4 is 0 Å². The summed E-state index contributed by atoms with van der Waals surface area (Å²) < 4.78 is 45.2. The van der Waals surface area contributed by atoms with E-state index in [9.17, 15) is 13.2 Å². The van der Waals surface area contributed by atoms with Gasteiger partial charge in [-0.1, -0.05) is 61.7 Å². The highest BCUT2D eigenvalue weighted by molar-refractivity contribution is 5.13. The minimum Gasteiger partial charge on any atom is -0.376 e. The maximum atomic E-state index is 13.2. The predicted molar refractivity (Wildman–Crippen MR) is 86.0 cm³/mol. The van der Waals surface area contributed by atoms with Crippen LogP contribution in [0.4, 0.5) is 13.2 Å². The highest BCUT2D eigenvalue weighted by atomic mass is 19.4. The van der Waals surface area contributed by atoms with E-state index < -0.39 is 12.1 Å². The molecule has 1 aromatic rings. The van der Waals surface area contributed by atoms with Gasteiger partial charge in [0.05, 0.1) is 19.1 Å². The molecule has 2 rings (SSSR count). The molecule has 0 saturated heterocycles. The number of halogens is 3. The molecule has 0 radical (unpaired) electrons. The largest absolute Gasteiger partial charge is 0.395 e. The van der Waals surface area contributed by atoms with Gasteiger partial charge in [0.1, 0.15) is 0 Å². The van der Waals surface area contributed by atoms with Gasteiger partial charge in [-0.25, -0.2) is 0 Å². The second-order valence-corrected chi connectivity index (χ2v) is 6.22. The maximum absolute atomic E-state index is 13.2. The van der Waals surface area contributed by atoms with Crippen LogP contribution in [0.15, 0.2) is 42.5 Å². The lowest BCUT2D eigenvalue weighted by Gasteiger charge is -2.29. The number of benzene rings is 1. The second-order valence-electron chi connectivity index (χ2n) is 6.22. The van der Waals surface area contributed by atoms with Crippen LogP contribution in [-0.2, 0) is 11.3 Å². The Balaban J connectivity index is 1.74. The molecule has 1 saturated carbocycles. The van der Waals surface area contributed by atoms with Crippen LogP contribution in [0, 0.1) is 11.8 Å². The van der Waals surface area contributed by atoms with Gasteiger partial charge in [-0.05, 0) is 30.7 Å². The molecule has 128 valence electrons. The summed E-state index contributed by atoms with van der Waals surface area (Å²) in [5, 5.41) is 0. The lowest BCUT2D eigenvalue weighted by Crippen LogP contribution is -2.30. The van der Waals surface area contributed by atoms with E-state index in [-0.39, 0.29) is 5.92 Å². The SMILES string of the molecule is FC(F)(F)C(/C=C/CCOCc1ccccc1)C1CCCCC1. The molecule has 1 atom stereocenters. The Bertz CT molecular complexity index is 461. The Kier molecular flexibility index (Phi) is 7.15. The van der Waals surface area contributed by atoms with Gasteiger partial charge < -0.3 is 4.74 Å². The maximum Gasteiger partial charge on any atom is 0.395 e. The monoisotopic (exact) mass is 326 g/mol. The number of hydrogen-bond acceptors (Lipinski definition) is 1. The van der Waals surface area contributed by atoms with Crippen molar-refractivity contribution < 1.29 is 17.9 Å². The summed E-state index contributed by atoms with van der Waals surface area (Å²) in [6.07, 6.45) is 3.68. The topological polar surface area (TPSA) is 9.23 Å². The summed E-state index contributed by atoms with van der Waals surface area (Å²) in [6, 6.07) is 9.76. The van der Waals surface area contributed by atoms with Gasteiger partial charge in [0.2, 0.25) is 0 Å². The van der Waals surface area contributed by atoms with Gasteiger partial charge >= 0.3 is 6.18 Å². The number of ether oxygens (including phenoxy) is 1. The van der Waals surface area contributed by atoms with Crippen molar-refractivity contribution in [1.29, 1.82) is 0 Å². The zero-order chi connectivity index (χ0) is 16.5. The molecule has 4 heteroatoms. The Morgan fingerprint density at radius 1 is 1.09 bits per heavy atom. The molecule has 0 spiro atoms. The molecule has 23 heavy (non-hydrogen) atoms. The van der Waals surface area contributed by atoms with Crippen molar-refractivity contribution in [2.45, 2.75) is 51.3 Å². The first-order valence-electron chi connectivity index (χ1n) is 8.42. The van der Waals surface area contributed by atoms with E-state index in [0.717, 1.165) is 24.8 Å². The molecule has 1 fully saturated rings. The molecule has 0 aromatic heterocycles. The van der Waals surface area contributed by atoms with Crippen LogP contribution in [0.3, 0.4) is 0 Å². The summed E-state index contributed by atoms with van der Waals surface area (Å²) >= 11 is 0. The van der Waals surface area contributed by atoms with Gasteiger partial charge in [-0.2, -0.15) is 13.2 Å². The van der Waals surface area contributed by atoms with Crippen molar-refractivity contribution in [3.63, 3.8) is 0 Å². The highest BCUT2D eigenvalue weighted by Crippen LogP contribution is 2.40. The quantitative estimate of drug-likeness (QED) is 0.447. The van der Waals surface area contributed by atoms with Crippen LogP contribution in [0.5, 0.6) is 0 Å². The molecule has 0 aliphatic heterocycles. The second kappa shape index (κ2) is 9.11. The third-order valence-corrected chi connectivity index (χ3v) is 4.42. The predicted octanol–water partition coefficient (Wildman–Crippen LogP) is 5.91. The average Bonchev–Trinajstić information content (AvgIpc) is 2.54. The first-order chi connectivity index (χ1) is 11.1. The lowest BCUT2D eigenvalue weighted by molar-refractivity contribution is -0.176. The minimum atomic E-state index is -4.14. The summed E-state index contributed by atoms with van der Waals surface area (Å²) in [7, 11) is 0. The third-order valence-electron chi connectivity index (χ3n) is 4.42. The molecule has 1 nitrogen and oxygen atoms in total. The van der Waals surface area contributed by atoms with Crippen LogP contribution < -0.4 is 0 Å². The summed E-state index contributed by atoms with van der Waals surface area (Å²) in [5.41, 5.74) is 1.08. The molecule has 0 amide bonds. The number of alkyl halides is 3. The molecular weight excluding hydrogens is 301 g/mol.